The fourth-order valence-corrected chi connectivity index (χ4v) is 4.09. The van der Waals surface area contributed by atoms with E-state index >= 15 is 0 Å². The fourth-order valence-electron chi connectivity index (χ4n) is 2.77. The molecule has 3 aromatic rings. The Bertz CT molecular complexity index is 896. The number of H-pyrrole nitrogens is 1. The molecule has 0 aliphatic rings. The summed E-state index contributed by atoms with van der Waals surface area (Å²) in [6.07, 6.45) is 4.56. The van der Waals surface area contributed by atoms with Gasteiger partial charge in [-0.1, -0.05) is 38.0 Å². The van der Waals surface area contributed by atoms with Crippen molar-refractivity contribution in [3.63, 3.8) is 0 Å². The van der Waals surface area contributed by atoms with Crippen molar-refractivity contribution in [2.45, 2.75) is 42.4 Å². The Morgan fingerprint density at radius 2 is 1.70 bits per heavy atom. The average molecular weight is 327 g/mol. The van der Waals surface area contributed by atoms with Crippen molar-refractivity contribution in [1.29, 1.82) is 0 Å². The van der Waals surface area contributed by atoms with Gasteiger partial charge in [-0.05, 0) is 49.2 Å². The summed E-state index contributed by atoms with van der Waals surface area (Å²) in [7, 11) is -3.46. The molecule has 0 aliphatic carbocycles. The lowest BCUT2D eigenvalue weighted by atomic mass is 10.1. The number of benzene rings is 2. The number of nitrogens with one attached hydrogen (secondary N) is 1. The van der Waals surface area contributed by atoms with Crippen LogP contribution < -0.4 is 0 Å². The van der Waals surface area contributed by atoms with Gasteiger partial charge >= 0.3 is 0 Å². The Kier molecular flexibility index (Phi) is 4.53. The van der Waals surface area contributed by atoms with Gasteiger partial charge in [0.2, 0.25) is 9.84 Å². The van der Waals surface area contributed by atoms with E-state index in [0.717, 1.165) is 23.7 Å². The second-order valence-electron chi connectivity index (χ2n) is 5.82. The topological polar surface area (TPSA) is 49.9 Å². The molecule has 0 spiro atoms. The van der Waals surface area contributed by atoms with E-state index in [-0.39, 0.29) is 0 Å². The average Bonchev–Trinajstić information content (AvgIpc) is 2.97. The first kappa shape index (κ1) is 15.8. The SMILES string of the molecule is CCCCCc1cc2cc(S(=O)(=O)c3ccccc3)ccc2[nH]1. The molecule has 1 heterocycles. The zero-order chi connectivity index (χ0) is 16.3. The Labute approximate surface area is 137 Å². The zero-order valence-corrected chi connectivity index (χ0v) is 14.1. The van der Waals surface area contributed by atoms with Crippen LogP contribution in [0, 0.1) is 0 Å². The predicted molar refractivity (Wildman–Crippen MR) is 93.4 cm³/mol. The molecule has 0 bridgehead atoms. The molecule has 3 rings (SSSR count). The molecule has 0 unspecified atom stereocenters. The van der Waals surface area contributed by atoms with Crippen LogP contribution in [-0.4, -0.2) is 13.4 Å². The van der Waals surface area contributed by atoms with Gasteiger partial charge in [-0.3, -0.25) is 0 Å². The molecule has 0 fully saturated rings. The second kappa shape index (κ2) is 6.59. The summed E-state index contributed by atoms with van der Waals surface area (Å²) >= 11 is 0. The summed E-state index contributed by atoms with van der Waals surface area (Å²) in [5.74, 6) is 0. The van der Waals surface area contributed by atoms with Crippen molar-refractivity contribution >= 4 is 20.7 Å². The van der Waals surface area contributed by atoms with Crippen LogP contribution in [0.3, 0.4) is 0 Å². The molecular formula is C19H21NO2S. The highest BCUT2D eigenvalue weighted by molar-refractivity contribution is 7.91. The van der Waals surface area contributed by atoms with E-state index < -0.39 is 9.84 Å². The molecule has 2 aromatic carbocycles. The van der Waals surface area contributed by atoms with Crippen LogP contribution in [0.5, 0.6) is 0 Å². The first-order valence-corrected chi connectivity index (χ1v) is 9.51. The van der Waals surface area contributed by atoms with Crippen LogP contribution in [0.25, 0.3) is 10.9 Å². The molecule has 0 atom stereocenters. The Balaban J connectivity index is 1.94. The quantitative estimate of drug-likeness (QED) is 0.665. The van der Waals surface area contributed by atoms with Gasteiger partial charge in [0.1, 0.15) is 0 Å². The Morgan fingerprint density at radius 3 is 2.43 bits per heavy atom. The van der Waals surface area contributed by atoms with Crippen molar-refractivity contribution in [3.05, 3.63) is 60.3 Å². The molecule has 0 aliphatic heterocycles. The van der Waals surface area contributed by atoms with E-state index in [1.807, 2.05) is 12.1 Å². The van der Waals surface area contributed by atoms with E-state index in [2.05, 4.69) is 18.0 Å². The predicted octanol–water partition coefficient (Wildman–Crippen LogP) is 4.73. The van der Waals surface area contributed by atoms with Crippen molar-refractivity contribution in [1.82, 2.24) is 4.98 Å². The Hall–Kier alpha value is -2.07. The normalized spacial score (nSPS) is 11.9. The number of aryl methyl sites for hydroxylation is 1. The minimum atomic E-state index is -3.46. The third kappa shape index (κ3) is 3.32. The lowest BCUT2D eigenvalue weighted by Crippen LogP contribution is -2.01. The molecule has 1 aromatic heterocycles. The van der Waals surface area contributed by atoms with E-state index in [4.69, 9.17) is 0 Å². The first-order chi connectivity index (χ1) is 11.1. The van der Waals surface area contributed by atoms with Gasteiger partial charge in [0, 0.05) is 16.6 Å². The number of aromatic nitrogens is 1. The minimum absolute atomic E-state index is 0.332. The van der Waals surface area contributed by atoms with Crippen LogP contribution >= 0.6 is 0 Å². The zero-order valence-electron chi connectivity index (χ0n) is 13.2. The van der Waals surface area contributed by atoms with Crippen LogP contribution in [0.4, 0.5) is 0 Å². The van der Waals surface area contributed by atoms with Crippen molar-refractivity contribution < 1.29 is 8.42 Å². The molecule has 0 saturated heterocycles. The highest BCUT2D eigenvalue weighted by Crippen LogP contribution is 2.25. The van der Waals surface area contributed by atoms with Gasteiger partial charge in [-0.25, -0.2) is 8.42 Å². The molecule has 3 nitrogen and oxygen atoms in total. The number of rotatable bonds is 6. The van der Waals surface area contributed by atoms with E-state index in [9.17, 15) is 8.42 Å². The fraction of sp³-hybridized carbons (Fsp3) is 0.263. The van der Waals surface area contributed by atoms with Crippen molar-refractivity contribution in [2.75, 3.05) is 0 Å². The van der Waals surface area contributed by atoms with Crippen LogP contribution in [0.1, 0.15) is 31.9 Å². The van der Waals surface area contributed by atoms with E-state index in [1.165, 1.54) is 18.5 Å². The third-order valence-electron chi connectivity index (χ3n) is 4.06. The number of hydrogen-bond donors (Lipinski definition) is 1. The van der Waals surface area contributed by atoms with Gasteiger partial charge < -0.3 is 4.98 Å². The van der Waals surface area contributed by atoms with Gasteiger partial charge in [0.15, 0.2) is 0 Å². The monoisotopic (exact) mass is 327 g/mol. The van der Waals surface area contributed by atoms with Gasteiger partial charge in [0.25, 0.3) is 0 Å². The minimum Gasteiger partial charge on any atom is -0.358 e. The summed E-state index contributed by atoms with van der Waals surface area (Å²) < 4.78 is 25.4. The van der Waals surface area contributed by atoms with Gasteiger partial charge in [-0.15, -0.1) is 0 Å². The van der Waals surface area contributed by atoms with Crippen LogP contribution in [-0.2, 0) is 16.3 Å². The highest BCUT2D eigenvalue weighted by atomic mass is 32.2. The molecule has 0 saturated carbocycles. The first-order valence-electron chi connectivity index (χ1n) is 8.03. The summed E-state index contributed by atoms with van der Waals surface area (Å²) in [6, 6.07) is 15.9. The summed E-state index contributed by atoms with van der Waals surface area (Å²) in [4.78, 5) is 4.05. The maximum absolute atomic E-state index is 12.7. The summed E-state index contributed by atoms with van der Waals surface area (Å²) in [6.45, 7) is 2.19. The molecule has 120 valence electrons. The largest absolute Gasteiger partial charge is 0.358 e. The lowest BCUT2D eigenvalue weighted by Gasteiger charge is -2.04. The van der Waals surface area contributed by atoms with E-state index in [1.54, 1.807) is 36.4 Å². The molecule has 23 heavy (non-hydrogen) atoms. The van der Waals surface area contributed by atoms with Crippen molar-refractivity contribution in [2.24, 2.45) is 0 Å². The van der Waals surface area contributed by atoms with Gasteiger partial charge in [0.05, 0.1) is 9.79 Å². The highest BCUT2D eigenvalue weighted by Gasteiger charge is 2.17. The summed E-state index contributed by atoms with van der Waals surface area (Å²) in [5.41, 5.74) is 2.16. The number of aromatic amines is 1. The number of hydrogen-bond acceptors (Lipinski definition) is 2. The maximum Gasteiger partial charge on any atom is 0.206 e. The third-order valence-corrected chi connectivity index (χ3v) is 5.83. The smallest absolute Gasteiger partial charge is 0.206 e. The maximum atomic E-state index is 12.7. The van der Waals surface area contributed by atoms with Crippen LogP contribution in [0.2, 0.25) is 0 Å². The molecule has 1 N–H and O–H groups in total. The second-order valence-corrected chi connectivity index (χ2v) is 7.77. The molecular weight excluding hydrogens is 306 g/mol. The number of sulfone groups is 1. The number of unbranched alkanes of at least 4 members (excludes halogenated alkanes) is 2. The van der Waals surface area contributed by atoms with Crippen molar-refractivity contribution in [3.8, 4) is 0 Å². The lowest BCUT2D eigenvalue weighted by molar-refractivity contribution is 0.596. The molecule has 4 heteroatoms. The standard InChI is InChI=1S/C19H21NO2S/c1-2-3-5-8-16-13-15-14-18(11-12-19(15)20-16)23(21,22)17-9-6-4-7-10-17/h4,6-7,9-14,20H,2-3,5,8H2,1H3. The summed E-state index contributed by atoms with van der Waals surface area (Å²) in [5, 5.41) is 0.952. The van der Waals surface area contributed by atoms with E-state index in [0.29, 0.717) is 9.79 Å². The molecule has 0 amide bonds. The van der Waals surface area contributed by atoms with Crippen LogP contribution in [0.15, 0.2) is 64.4 Å². The number of fused-ring (bicyclic) bond motifs is 1. The van der Waals surface area contributed by atoms with Gasteiger partial charge in [-0.2, -0.15) is 0 Å². The Morgan fingerprint density at radius 1 is 0.913 bits per heavy atom. The molecule has 0 radical (unpaired) electrons.